The Morgan fingerprint density at radius 2 is 2.15 bits per heavy atom. The Balaban J connectivity index is 2.04. The van der Waals surface area contributed by atoms with Crippen LogP contribution in [0.3, 0.4) is 0 Å². The maximum absolute atomic E-state index is 6.34. The molecule has 0 bridgehead atoms. The summed E-state index contributed by atoms with van der Waals surface area (Å²) in [7, 11) is -1.77. The van der Waals surface area contributed by atoms with Gasteiger partial charge in [-0.05, 0) is 18.1 Å². The van der Waals surface area contributed by atoms with E-state index in [2.05, 4.69) is 46.5 Å². The molecule has 2 heterocycles. The summed E-state index contributed by atoms with van der Waals surface area (Å²) >= 11 is 0. The highest BCUT2D eigenvalue weighted by Crippen LogP contribution is 2.40. The Morgan fingerprint density at radius 1 is 1.45 bits per heavy atom. The fourth-order valence-corrected chi connectivity index (χ4v) is 3.38. The third kappa shape index (κ3) is 3.08. The second-order valence-electron chi connectivity index (χ2n) is 7.40. The standard InChI is InChI=1S/C16H28O3Si/c1-7-16(12-18-20(5,6)15(2,3)4)11-14-13(19-16)9-8-10-17-14/h7-9,13-14H,1,10-12H2,2-6H3/t13-,14-,16+/m1/s1. The molecule has 4 heteroatoms. The van der Waals surface area contributed by atoms with Gasteiger partial charge in [0.1, 0.15) is 11.7 Å². The van der Waals surface area contributed by atoms with Crippen molar-refractivity contribution in [3.05, 3.63) is 24.8 Å². The molecule has 0 aromatic rings. The molecule has 2 rings (SSSR count). The predicted molar refractivity (Wildman–Crippen MR) is 84.4 cm³/mol. The average Bonchev–Trinajstić information content (AvgIpc) is 2.74. The lowest BCUT2D eigenvalue weighted by Crippen LogP contribution is -2.45. The van der Waals surface area contributed by atoms with E-state index in [1.807, 2.05) is 12.2 Å². The summed E-state index contributed by atoms with van der Waals surface area (Å²) in [5.41, 5.74) is -0.403. The molecule has 20 heavy (non-hydrogen) atoms. The van der Waals surface area contributed by atoms with Gasteiger partial charge < -0.3 is 13.9 Å². The Bertz CT molecular complexity index is 397. The maximum Gasteiger partial charge on any atom is 0.192 e. The molecule has 0 aliphatic carbocycles. The van der Waals surface area contributed by atoms with Gasteiger partial charge >= 0.3 is 0 Å². The second kappa shape index (κ2) is 5.41. The molecule has 2 aliphatic heterocycles. The van der Waals surface area contributed by atoms with Gasteiger partial charge in [0.15, 0.2) is 8.32 Å². The van der Waals surface area contributed by atoms with E-state index >= 15 is 0 Å². The molecule has 0 spiro atoms. The van der Waals surface area contributed by atoms with E-state index in [-0.39, 0.29) is 17.2 Å². The smallest absolute Gasteiger partial charge is 0.192 e. The first-order chi connectivity index (χ1) is 9.19. The SMILES string of the molecule is C=C[C@@]1(CO[Si](C)(C)C(C)(C)C)C[C@H]2OCC=C[C@H]2O1. The molecule has 3 nitrogen and oxygen atoms in total. The van der Waals surface area contributed by atoms with Crippen LogP contribution in [0, 0.1) is 0 Å². The molecule has 1 saturated heterocycles. The highest BCUT2D eigenvalue weighted by Gasteiger charge is 2.47. The highest BCUT2D eigenvalue weighted by molar-refractivity contribution is 6.74. The monoisotopic (exact) mass is 296 g/mol. The van der Waals surface area contributed by atoms with E-state index in [1.165, 1.54) is 0 Å². The first-order valence-electron chi connectivity index (χ1n) is 7.43. The second-order valence-corrected chi connectivity index (χ2v) is 12.2. The van der Waals surface area contributed by atoms with Gasteiger partial charge in [0.05, 0.1) is 19.3 Å². The van der Waals surface area contributed by atoms with Crippen molar-refractivity contribution in [3.63, 3.8) is 0 Å². The van der Waals surface area contributed by atoms with Crippen LogP contribution in [0.15, 0.2) is 24.8 Å². The molecule has 2 aliphatic rings. The summed E-state index contributed by atoms with van der Waals surface area (Å²) in [5, 5.41) is 0.205. The minimum Gasteiger partial charge on any atom is -0.414 e. The van der Waals surface area contributed by atoms with Crippen molar-refractivity contribution in [2.75, 3.05) is 13.2 Å². The first kappa shape index (κ1) is 16.0. The molecule has 0 N–H and O–H groups in total. The minimum atomic E-state index is -1.77. The third-order valence-corrected chi connectivity index (χ3v) is 9.35. The van der Waals surface area contributed by atoms with Crippen molar-refractivity contribution in [3.8, 4) is 0 Å². The summed E-state index contributed by atoms with van der Waals surface area (Å²) in [6.07, 6.45) is 7.04. The number of rotatable bonds is 4. The van der Waals surface area contributed by atoms with Crippen molar-refractivity contribution in [2.45, 2.75) is 63.1 Å². The van der Waals surface area contributed by atoms with Gasteiger partial charge in [-0.3, -0.25) is 0 Å². The average molecular weight is 296 g/mol. The van der Waals surface area contributed by atoms with Crippen LogP contribution in [0.25, 0.3) is 0 Å². The number of hydrogen-bond acceptors (Lipinski definition) is 3. The van der Waals surface area contributed by atoms with Gasteiger partial charge in [-0.25, -0.2) is 0 Å². The molecular formula is C16H28O3Si. The molecule has 114 valence electrons. The van der Waals surface area contributed by atoms with Crippen LogP contribution in [0.1, 0.15) is 27.2 Å². The fraction of sp³-hybridized carbons (Fsp3) is 0.750. The topological polar surface area (TPSA) is 27.7 Å². The molecule has 0 aromatic carbocycles. The lowest BCUT2D eigenvalue weighted by Gasteiger charge is -2.39. The van der Waals surface area contributed by atoms with Gasteiger partial charge in [0.25, 0.3) is 0 Å². The van der Waals surface area contributed by atoms with Crippen molar-refractivity contribution >= 4 is 8.32 Å². The molecule has 0 saturated carbocycles. The van der Waals surface area contributed by atoms with Gasteiger partial charge in [-0.1, -0.05) is 39.0 Å². The Morgan fingerprint density at radius 3 is 2.70 bits per heavy atom. The van der Waals surface area contributed by atoms with Crippen molar-refractivity contribution in [1.29, 1.82) is 0 Å². The molecule has 0 amide bonds. The molecule has 0 aromatic heterocycles. The number of ether oxygens (including phenoxy) is 2. The first-order valence-corrected chi connectivity index (χ1v) is 10.3. The summed E-state index contributed by atoms with van der Waals surface area (Å²) < 4.78 is 18.3. The van der Waals surface area contributed by atoms with Crippen LogP contribution >= 0.6 is 0 Å². The quantitative estimate of drug-likeness (QED) is 0.585. The van der Waals surface area contributed by atoms with Crippen molar-refractivity contribution in [1.82, 2.24) is 0 Å². The van der Waals surface area contributed by atoms with E-state index in [0.29, 0.717) is 13.2 Å². The van der Waals surface area contributed by atoms with Gasteiger partial charge in [-0.15, -0.1) is 6.58 Å². The summed E-state index contributed by atoms with van der Waals surface area (Å²) in [6, 6.07) is 0. The number of hydrogen-bond donors (Lipinski definition) is 0. The third-order valence-electron chi connectivity index (χ3n) is 4.87. The van der Waals surface area contributed by atoms with Crippen LogP contribution in [0.4, 0.5) is 0 Å². The molecule has 0 radical (unpaired) electrons. The zero-order valence-corrected chi connectivity index (χ0v) is 14.4. The maximum atomic E-state index is 6.34. The van der Waals surface area contributed by atoms with Gasteiger partial charge in [0.2, 0.25) is 0 Å². The van der Waals surface area contributed by atoms with Crippen LogP contribution in [-0.4, -0.2) is 39.3 Å². The summed E-state index contributed by atoms with van der Waals surface area (Å²) in [4.78, 5) is 0. The Kier molecular flexibility index (Phi) is 4.31. The molecular weight excluding hydrogens is 268 g/mol. The normalized spacial score (nSPS) is 34.0. The van der Waals surface area contributed by atoms with Crippen LogP contribution in [0.5, 0.6) is 0 Å². The summed E-state index contributed by atoms with van der Waals surface area (Å²) in [6.45, 7) is 16.5. The lowest BCUT2D eigenvalue weighted by atomic mass is 9.98. The molecule has 0 unspecified atom stereocenters. The lowest BCUT2D eigenvalue weighted by molar-refractivity contribution is -0.0394. The Labute approximate surface area is 124 Å². The summed E-state index contributed by atoms with van der Waals surface area (Å²) in [5.74, 6) is 0. The molecule has 3 atom stereocenters. The zero-order chi connectivity index (χ0) is 15.0. The van der Waals surface area contributed by atoms with Gasteiger partial charge in [0, 0.05) is 6.42 Å². The predicted octanol–water partition coefficient (Wildman–Crippen LogP) is 3.68. The largest absolute Gasteiger partial charge is 0.414 e. The van der Waals surface area contributed by atoms with Crippen molar-refractivity contribution < 1.29 is 13.9 Å². The van der Waals surface area contributed by atoms with Crippen molar-refractivity contribution in [2.24, 2.45) is 0 Å². The fourth-order valence-electron chi connectivity index (χ4n) is 2.34. The van der Waals surface area contributed by atoms with Crippen LogP contribution in [-0.2, 0) is 13.9 Å². The van der Waals surface area contributed by atoms with Crippen LogP contribution < -0.4 is 0 Å². The molecule has 1 fully saturated rings. The minimum absolute atomic E-state index is 0.0461. The van der Waals surface area contributed by atoms with E-state index in [1.54, 1.807) is 0 Å². The van der Waals surface area contributed by atoms with E-state index < -0.39 is 13.9 Å². The highest BCUT2D eigenvalue weighted by atomic mass is 28.4. The zero-order valence-electron chi connectivity index (χ0n) is 13.4. The number of fused-ring (bicyclic) bond motifs is 1. The van der Waals surface area contributed by atoms with E-state index in [4.69, 9.17) is 13.9 Å². The van der Waals surface area contributed by atoms with E-state index in [0.717, 1.165) is 6.42 Å². The van der Waals surface area contributed by atoms with E-state index in [9.17, 15) is 0 Å². The van der Waals surface area contributed by atoms with Crippen LogP contribution in [0.2, 0.25) is 18.1 Å². The van der Waals surface area contributed by atoms with Gasteiger partial charge in [-0.2, -0.15) is 0 Å². The Hall–Kier alpha value is -0.423.